The van der Waals surface area contributed by atoms with E-state index < -0.39 is 20.9 Å². The van der Waals surface area contributed by atoms with Crippen LogP contribution in [0.15, 0.2) is 89.8 Å². The highest BCUT2D eigenvalue weighted by Crippen LogP contribution is 2.28. The summed E-state index contributed by atoms with van der Waals surface area (Å²) in [4.78, 5) is 23.6. The van der Waals surface area contributed by atoms with Crippen molar-refractivity contribution in [2.75, 3.05) is 13.1 Å². The van der Waals surface area contributed by atoms with Gasteiger partial charge in [-0.25, -0.2) is 8.42 Å². The molecule has 1 atom stereocenters. The molecule has 0 saturated carbocycles. The maximum absolute atomic E-state index is 13.3. The first-order valence-corrected chi connectivity index (χ1v) is 12.4. The van der Waals surface area contributed by atoms with Gasteiger partial charge in [-0.15, -0.1) is 0 Å². The molecule has 1 saturated heterocycles. The molecule has 1 aliphatic rings. The molecule has 176 valence electrons. The normalized spacial score (nSPS) is 16.8. The molecule has 34 heavy (non-hydrogen) atoms. The van der Waals surface area contributed by atoms with Gasteiger partial charge in [-0.05, 0) is 30.0 Å². The Labute approximate surface area is 198 Å². The molecule has 0 aromatic heterocycles. The molecule has 3 aromatic rings. The molecule has 0 unspecified atom stereocenters. The fourth-order valence-corrected chi connectivity index (χ4v) is 5.76. The Hall–Kier alpha value is -3.56. The fraction of sp³-hybridized carbons (Fsp3) is 0.240. The number of piperidine rings is 1. The van der Waals surface area contributed by atoms with Crippen molar-refractivity contribution in [1.29, 1.82) is 0 Å². The number of nitrogens with zero attached hydrogens (tertiary/aromatic N) is 2. The number of carbonyl (C=O) groups is 1. The lowest BCUT2D eigenvalue weighted by Gasteiger charge is -2.32. The van der Waals surface area contributed by atoms with E-state index in [0.29, 0.717) is 12.8 Å². The number of non-ortho nitro benzene ring substituents is 1. The van der Waals surface area contributed by atoms with Crippen LogP contribution in [0.1, 0.15) is 30.0 Å². The molecule has 0 bridgehead atoms. The smallest absolute Gasteiger partial charge is 0.270 e. The van der Waals surface area contributed by atoms with E-state index in [1.54, 1.807) is 0 Å². The summed E-state index contributed by atoms with van der Waals surface area (Å²) in [5.74, 6) is -0.756. The molecule has 1 amide bonds. The number of sulfonamides is 1. The highest BCUT2D eigenvalue weighted by Gasteiger charge is 2.34. The lowest BCUT2D eigenvalue weighted by Crippen LogP contribution is -2.46. The van der Waals surface area contributed by atoms with Gasteiger partial charge in [-0.1, -0.05) is 66.7 Å². The van der Waals surface area contributed by atoms with Gasteiger partial charge in [0.2, 0.25) is 15.9 Å². The minimum atomic E-state index is -3.97. The first-order chi connectivity index (χ1) is 16.4. The van der Waals surface area contributed by atoms with Gasteiger partial charge in [0.1, 0.15) is 0 Å². The van der Waals surface area contributed by atoms with E-state index >= 15 is 0 Å². The number of amides is 1. The van der Waals surface area contributed by atoms with Crippen LogP contribution in [-0.4, -0.2) is 36.6 Å². The Bertz CT molecular complexity index is 1230. The van der Waals surface area contributed by atoms with E-state index in [1.807, 2.05) is 60.7 Å². The van der Waals surface area contributed by atoms with Crippen LogP contribution in [0.3, 0.4) is 0 Å². The summed E-state index contributed by atoms with van der Waals surface area (Å²) >= 11 is 0. The summed E-state index contributed by atoms with van der Waals surface area (Å²) < 4.78 is 27.6. The summed E-state index contributed by atoms with van der Waals surface area (Å²) in [6, 6.07) is 23.9. The van der Waals surface area contributed by atoms with Gasteiger partial charge >= 0.3 is 0 Å². The van der Waals surface area contributed by atoms with E-state index in [4.69, 9.17) is 0 Å². The summed E-state index contributed by atoms with van der Waals surface area (Å²) in [5.41, 5.74) is 1.57. The Morgan fingerprint density at radius 2 is 1.59 bits per heavy atom. The van der Waals surface area contributed by atoms with Gasteiger partial charge < -0.3 is 5.32 Å². The number of nitro groups is 1. The molecular weight excluding hydrogens is 454 g/mol. The Balaban J connectivity index is 1.54. The van der Waals surface area contributed by atoms with E-state index in [2.05, 4.69) is 5.32 Å². The number of rotatable bonds is 7. The summed E-state index contributed by atoms with van der Waals surface area (Å²) in [6.07, 6.45) is 1.08. The number of nitrogens with one attached hydrogen (secondary N) is 1. The van der Waals surface area contributed by atoms with Gasteiger partial charge in [0, 0.05) is 25.2 Å². The molecule has 4 rings (SSSR count). The lowest BCUT2D eigenvalue weighted by atomic mass is 9.95. The van der Waals surface area contributed by atoms with E-state index in [0.717, 1.165) is 17.2 Å². The third-order valence-electron chi connectivity index (χ3n) is 5.97. The van der Waals surface area contributed by atoms with E-state index in [1.165, 1.54) is 22.5 Å². The van der Waals surface area contributed by atoms with Crippen LogP contribution in [-0.2, 0) is 14.8 Å². The van der Waals surface area contributed by atoms with Gasteiger partial charge in [-0.2, -0.15) is 4.31 Å². The van der Waals surface area contributed by atoms with Crippen molar-refractivity contribution >= 4 is 21.6 Å². The zero-order valence-electron chi connectivity index (χ0n) is 18.4. The van der Waals surface area contributed by atoms with Crippen LogP contribution in [0, 0.1) is 16.0 Å². The van der Waals surface area contributed by atoms with Crippen molar-refractivity contribution in [3.05, 3.63) is 106 Å². The van der Waals surface area contributed by atoms with Gasteiger partial charge in [0.25, 0.3) is 5.69 Å². The van der Waals surface area contributed by atoms with Crippen LogP contribution < -0.4 is 5.32 Å². The third kappa shape index (κ3) is 5.16. The van der Waals surface area contributed by atoms with Crippen LogP contribution in [0.4, 0.5) is 5.69 Å². The van der Waals surface area contributed by atoms with Crippen molar-refractivity contribution in [2.45, 2.75) is 23.8 Å². The minimum absolute atomic E-state index is 0.0210. The minimum Gasteiger partial charge on any atom is -0.345 e. The second kappa shape index (κ2) is 10.1. The monoisotopic (exact) mass is 479 g/mol. The van der Waals surface area contributed by atoms with Crippen LogP contribution in [0.5, 0.6) is 0 Å². The number of benzene rings is 3. The largest absolute Gasteiger partial charge is 0.345 e. The second-order valence-electron chi connectivity index (χ2n) is 8.22. The number of nitro benzene ring substituents is 1. The Kier molecular flexibility index (Phi) is 7.04. The number of carbonyl (C=O) groups excluding carboxylic acids is 1. The number of hydrogen-bond donors (Lipinski definition) is 1. The lowest BCUT2D eigenvalue weighted by molar-refractivity contribution is -0.385. The second-order valence-corrected chi connectivity index (χ2v) is 10.2. The molecule has 1 N–H and O–H groups in total. The molecule has 0 radical (unpaired) electrons. The SMILES string of the molecule is O=C(NC(c1ccccc1)c1ccccc1)[C@@H]1CCCN(S(=O)(=O)c2cccc([N+](=O)[O-])c2)C1. The Morgan fingerprint density at radius 3 is 2.18 bits per heavy atom. The molecule has 9 heteroatoms. The molecule has 1 aliphatic heterocycles. The highest BCUT2D eigenvalue weighted by atomic mass is 32.2. The third-order valence-corrected chi connectivity index (χ3v) is 7.83. The van der Waals surface area contributed by atoms with E-state index in [-0.39, 0.29) is 35.6 Å². The van der Waals surface area contributed by atoms with Crippen molar-refractivity contribution in [3.8, 4) is 0 Å². The summed E-state index contributed by atoms with van der Waals surface area (Å²) in [5, 5.41) is 14.2. The molecule has 0 spiro atoms. The van der Waals surface area contributed by atoms with Crippen molar-refractivity contribution < 1.29 is 18.1 Å². The standard InChI is InChI=1S/C25H25N3O5S/c29-25(26-24(19-9-3-1-4-10-19)20-11-5-2-6-12-20)21-13-8-16-27(18-21)34(32,33)23-15-7-14-22(17-23)28(30)31/h1-7,9-12,14-15,17,21,24H,8,13,16,18H2,(H,26,29)/t21-/m1/s1. The molecule has 8 nitrogen and oxygen atoms in total. The predicted molar refractivity (Wildman–Crippen MR) is 127 cm³/mol. The van der Waals surface area contributed by atoms with E-state index in [9.17, 15) is 23.3 Å². The zero-order chi connectivity index (χ0) is 24.1. The van der Waals surface area contributed by atoms with Crippen LogP contribution in [0.25, 0.3) is 0 Å². The predicted octanol–water partition coefficient (Wildman–Crippen LogP) is 3.90. The first kappa shape index (κ1) is 23.6. The summed E-state index contributed by atoms with van der Waals surface area (Å²) in [6.45, 7) is 0.281. The topological polar surface area (TPSA) is 110 Å². The van der Waals surface area contributed by atoms with Crippen molar-refractivity contribution in [3.63, 3.8) is 0 Å². The molecule has 1 fully saturated rings. The molecule has 1 heterocycles. The van der Waals surface area contributed by atoms with Gasteiger partial charge in [-0.3, -0.25) is 14.9 Å². The first-order valence-electron chi connectivity index (χ1n) is 11.0. The van der Waals surface area contributed by atoms with Gasteiger partial charge in [0.05, 0.1) is 21.8 Å². The zero-order valence-corrected chi connectivity index (χ0v) is 19.2. The maximum Gasteiger partial charge on any atom is 0.270 e. The van der Waals surface area contributed by atoms with Crippen LogP contribution in [0.2, 0.25) is 0 Å². The molecule has 0 aliphatic carbocycles. The number of hydrogen-bond acceptors (Lipinski definition) is 5. The van der Waals surface area contributed by atoms with Crippen molar-refractivity contribution in [1.82, 2.24) is 9.62 Å². The highest BCUT2D eigenvalue weighted by molar-refractivity contribution is 7.89. The average molecular weight is 480 g/mol. The molecule has 3 aromatic carbocycles. The quantitative estimate of drug-likeness (QED) is 0.408. The fourth-order valence-electron chi connectivity index (χ4n) is 4.19. The molecular formula is C25H25N3O5S. The maximum atomic E-state index is 13.3. The van der Waals surface area contributed by atoms with Crippen LogP contribution >= 0.6 is 0 Å². The van der Waals surface area contributed by atoms with Crippen molar-refractivity contribution in [2.24, 2.45) is 5.92 Å². The van der Waals surface area contributed by atoms with Gasteiger partial charge in [0.15, 0.2) is 0 Å². The average Bonchev–Trinajstić information content (AvgIpc) is 2.88. The Morgan fingerprint density at radius 1 is 0.971 bits per heavy atom. The summed E-state index contributed by atoms with van der Waals surface area (Å²) in [7, 11) is -3.97.